The standard InChI is InChI=1S/C21H33N3OS.2ClH/c1-16-9-17(2)13-24(12-16)14-19-6-4-3-5-18(19)11-23-21(25)10-20-15-26-8-7-22-20;;/h3-6,16-17,20,22H,7-15H2,1-2H3,(H,23,25);2*1H. The summed E-state index contributed by atoms with van der Waals surface area (Å²) < 4.78 is 0. The first-order chi connectivity index (χ1) is 12.6. The zero-order chi connectivity index (χ0) is 18.4. The molecular formula is C21H35Cl2N3OS. The van der Waals surface area contributed by atoms with Crippen molar-refractivity contribution in [2.24, 2.45) is 11.8 Å². The molecule has 2 saturated heterocycles. The van der Waals surface area contributed by atoms with Crippen molar-refractivity contribution in [3.63, 3.8) is 0 Å². The van der Waals surface area contributed by atoms with E-state index in [2.05, 4.69) is 53.6 Å². The van der Waals surface area contributed by atoms with Gasteiger partial charge in [-0.15, -0.1) is 24.8 Å². The summed E-state index contributed by atoms with van der Waals surface area (Å²) >= 11 is 1.93. The number of carbonyl (C=O) groups is 1. The summed E-state index contributed by atoms with van der Waals surface area (Å²) in [6.45, 7) is 9.69. The highest BCUT2D eigenvalue weighted by molar-refractivity contribution is 7.99. The molecule has 28 heavy (non-hydrogen) atoms. The SMILES string of the molecule is CC1CC(C)CN(Cc2ccccc2CNC(=O)CC2CSCCN2)C1.Cl.Cl. The third kappa shape index (κ3) is 8.11. The zero-order valence-electron chi connectivity index (χ0n) is 17.0. The number of likely N-dealkylation sites (tertiary alicyclic amines) is 1. The molecule has 0 bridgehead atoms. The molecule has 160 valence electrons. The number of carbonyl (C=O) groups excluding carboxylic acids is 1. The lowest BCUT2D eigenvalue weighted by molar-refractivity contribution is -0.121. The van der Waals surface area contributed by atoms with Crippen LogP contribution in [0.5, 0.6) is 0 Å². The van der Waals surface area contributed by atoms with Gasteiger partial charge < -0.3 is 10.6 Å². The van der Waals surface area contributed by atoms with Gasteiger partial charge in [0.1, 0.15) is 0 Å². The van der Waals surface area contributed by atoms with Crippen LogP contribution in [-0.4, -0.2) is 48.0 Å². The Balaban J connectivity index is 0.00000196. The highest BCUT2D eigenvalue weighted by Crippen LogP contribution is 2.23. The average molecular weight is 449 g/mol. The summed E-state index contributed by atoms with van der Waals surface area (Å²) in [5.74, 6) is 3.88. The Morgan fingerprint density at radius 1 is 1.18 bits per heavy atom. The minimum Gasteiger partial charge on any atom is -0.352 e. The fraction of sp³-hybridized carbons (Fsp3) is 0.667. The Morgan fingerprint density at radius 2 is 1.86 bits per heavy atom. The molecular weight excluding hydrogens is 413 g/mol. The van der Waals surface area contributed by atoms with Crippen molar-refractivity contribution in [1.82, 2.24) is 15.5 Å². The maximum atomic E-state index is 12.3. The van der Waals surface area contributed by atoms with E-state index in [0.717, 1.165) is 36.4 Å². The maximum Gasteiger partial charge on any atom is 0.221 e. The third-order valence-electron chi connectivity index (χ3n) is 5.36. The van der Waals surface area contributed by atoms with Gasteiger partial charge in [-0.2, -0.15) is 11.8 Å². The van der Waals surface area contributed by atoms with Gasteiger partial charge in [-0.05, 0) is 29.4 Å². The van der Waals surface area contributed by atoms with E-state index < -0.39 is 0 Å². The van der Waals surface area contributed by atoms with Gasteiger partial charge in [0.05, 0.1) is 0 Å². The van der Waals surface area contributed by atoms with E-state index in [-0.39, 0.29) is 30.7 Å². The highest BCUT2D eigenvalue weighted by atomic mass is 35.5. The fourth-order valence-corrected chi connectivity index (χ4v) is 5.24. The summed E-state index contributed by atoms with van der Waals surface area (Å²) in [6.07, 6.45) is 1.91. The van der Waals surface area contributed by atoms with E-state index in [1.54, 1.807) is 0 Å². The monoisotopic (exact) mass is 447 g/mol. The van der Waals surface area contributed by atoms with Crippen molar-refractivity contribution in [3.8, 4) is 0 Å². The number of rotatable bonds is 6. The van der Waals surface area contributed by atoms with Crippen LogP contribution in [0.4, 0.5) is 0 Å². The van der Waals surface area contributed by atoms with Crippen molar-refractivity contribution < 1.29 is 4.79 Å². The smallest absolute Gasteiger partial charge is 0.221 e. The second-order valence-corrected chi connectivity index (χ2v) is 9.27. The molecule has 1 aromatic rings. The second-order valence-electron chi connectivity index (χ2n) is 8.12. The number of hydrogen-bond donors (Lipinski definition) is 2. The minimum atomic E-state index is 0. The molecule has 3 unspecified atom stereocenters. The second kappa shape index (κ2) is 13.0. The predicted octanol–water partition coefficient (Wildman–Crippen LogP) is 3.72. The summed E-state index contributed by atoms with van der Waals surface area (Å²) in [4.78, 5) is 14.9. The number of piperidine rings is 1. The van der Waals surface area contributed by atoms with Crippen molar-refractivity contribution >= 4 is 42.5 Å². The molecule has 0 aromatic heterocycles. The number of nitrogens with zero attached hydrogens (tertiary/aromatic N) is 1. The van der Waals surface area contributed by atoms with E-state index in [1.807, 2.05) is 11.8 Å². The number of benzene rings is 1. The molecule has 2 heterocycles. The van der Waals surface area contributed by atoms with Gasteiger partial charge in [-0.25, -0.2) is 0 Å². The first-order valence-electron chi connectivity index (χ1n) is 9.97. The van der Waals surface area contributed by atoms with E-state index in [9.17, 15) is 4.79 Å². The molecule has 0 radical (unpaired) electrons. The summed E-state index contributed by atoms with van der Waals surface area (Å²) in [6, 6.07) is 8.87. The molecule has 1 amide bonds. The van der Waals surface area contributed by atoms with Gasteiger partial charge in [0.2, 0.25) is 5.91 Å². The van der Waals surface area contributed by atoms with Crippen LogP contribution in [0.3, 0.4) is 0 Å². The molecule has 0 spiro atoms. The molecule has 2 fully saturated rings. The number of thioether (sulfide) groups is 1. The summed E-state index contributed by atoms with van der Waals surface area (Å²) in [5.41, 5.74) is 2.60. The van der Waals surface area contributed by atoms with Crippen LogP contribution in [-0.2, 0) is 17.9 Å². The highest BCUT2D eigenvalue weighted by Gasteiger charge is 2.22. The number of hydrogen-bond acceptors (Lipinski definition) is 4. The molecule has 3 rings (SSSR count). The molecule has 1 aromatic carbocycles. The van der Waals surface area contributed by atoms with Gasteiger partial charge in [-0.3, -0.25) is 9.69 Å². The topological polar surface area (TPSA) is 44.4 Å². The Bertz CT molecular complexity index is 589. The van der Waals surface area contributed by atoms with Crippen LogP contribution in [0.15, 0.2) is 24.3 Å². The summed E-state index contributed by atoms with van der Waals surface area (Å²) in [5, 5.41) is 6.57. The Kier molecular flexibility index (Phi) is 11.8. The van der Waals surface area contributed by atoms with E-state index >= 15 is 0 Å². The molecule has 2 aliphatic rings. The van der Waals surface area contributed by atoms with Crippen LogP contribution >= 0.6 is 36.6 Å². The van der Waals surface area contributed by atoms with E-state index in [1.165, 1.54) is 30.6 Å². The average Bonchev–Trinajstić information content (AvgIpc) is 2.61. The molecule has 0 aliphatic carbocycles. The molecule has 2 aliphatic heterocycles. The minimum absolute atomic E-state index is 0. The molecule has 0 saturated carbocycles. The predicted molar refractivity (Wildman–Crippen MR) is 125 cm³/mol. The van der Waals surface area contributed by atoms with Gasteiger partial charge in [0.15, 0.2) is 0 Å². The number of amides is 1. The Labute approximate surface area is 186 Å². The Morgan fingerprint density at radius 3 is 2.50 bits per heavy atom. The lowest BCUT2D eigenvalue weighted by Crippen LogP contribution is -2.41. The van der Waals surface area contributed by atoms with Crippen LogP contribution in [0.25, 0.3) is 0 Å². The van der Waals surface area contributed by atoms with Crippen LogP contribution in [0.2, 0.25) is 0 Å². The van der Waals surface area contributed by atoms with Gasteiger partial charge in [-0.1, -0.05) is 38.1 Å². The first-order valence-corrected chi connectivity index (χ1v) is 11.1. The normalized spacial score (nSPS) is 25.3. The number of nitrogens with one attached hydrogen (secondary N) is 2. The maximum absolute atomic E-state index is 12.3. The van der Waals surface area contributed by atoms with Gasteiger partial charge in [0.25, 0.3) is 0 Å². The van der Waals surface area contributed by atoms with E-state index in [4.69, 9.17) is 0 Å². The van der Waals surface area contributed by atoms with Crippen molar-refractivity contribution in [3.05, 3.63) is 35.4 Å². The van der Waals surface area contributed by atoms with E-state index in [0.29, 0.717) is 19.0 Å². The zero-order valence-corrected chi connectivity index (χ0v) is 19.4. The molecule has 2 N–H and O–H groups in total. The first kappa shape index (κ1) is 25.6. The Hall–Kier alpha value is -0.460. The van der Waals surface area contributed by atoms with Crippen LogP contribution in [0.1, 0.15) is 37.8 Å². The number of halogens is 2. The summed E-state index contributed by atoms with van der Waals surface area (Å²) in [7, 11) is 0. The van der Waals surface area contributed by atoms with Crippen molar-refractivity contribution in [2.45, 2.75) is 45.8 Å². The third-order valence-corrected chi connectivity index (χ3v) is 6.49. The van der Waals surface area contributed by atoms with Crippen LogP contribution < -0.4 is 10.6 Å². The molecule has 3 atom stereocenters. The van der Waals surface area contributed by atoms with Crippen molar-refractivity contribution in [1.29, 1.82) is 0 Å². The molecule has 4 nitrogen and oxygen atoms in total. The quantitative estimate of drug-likeness (QED) is 0.697. The lowest BCUT2D eigenvalue weighted by Gasteiger charge is -2.35. The van der Waals surface area contributed by atoms with Gasteiger partial charge >= 0.3 is 0 Å². The van der Waals surface area contributed by atoms with Gasteiger partial charge in [0, 0.05) is 56.7 Å². The lowest BCUT2D eigenvalue weighted by atomic mass is 9.91. The van der Waals surface area contributed by atoms with Crippen molar-refractivity contribution in [2.75, 3.05) is 31.1 Å². The molecule has 7 heteroatoms. The van der Waals surface area contributed by atoms with Crippen LogP contribution in [0, 0.1) is 11.8 Å². The largest absolute Gasteiger partial charge is 0.352 e. The fourth-order valence-electron chi connectivity index (χ4n) is 4.29.